The number of amides is 1. The number of rotatable bonds is 5. The first-order valence-electron chi connectivity index (χ1n) is 7.81. The smallest absolute Gasteiger partial charge is 0.259 e. The van der Waals surface area contributed by atoms with Crippen LogP contribution < -0.4 is 10.0 Å². The van der Waals surface area contributed by atoms with E-state index in [0.29, 0.717) is 11.4 Å². The van der Waals surface area contributed by atoms with Crippen molar-refractivity contribution in [2.75, 3.05) is 5.32 Å². The van der Waals surface area contributed by atoms with Gasteiger partial charge in [0.05, 0.1) is 15.6 Å². The third-order valence-electron chi connectivity index (χ3n) is 3.66. The molecule has 7 nitrogen and oxygen atoms in total. The summed E-state index contributed by atoms with van der Waals surface area (Å²) < 4.78 is 27.4. The molecule has 1 aromatic carbocycles. The van der Waals surface area contributed by atoms with Crippen molar-refractivity contribution in [3.8, 4) is 0 Å². The molecule has 2 aromatic rings. The van der Waals surface area contributed by atoms with Crippen LogP contribution in [0, 0.1) is 13.8 Å². The van der Waals surface area contributed by atoms with Gasteiger partial charge in [0.25, 0.3) is 5.91 Å². The molecule has 0 aliphatic heterocycles. The normalized spacial score (nSPS) is 14.3. The third-order valence-corrected chi connectivity index (χ3v) is 5.96. The minimum absolute atomic E-state index is 0.0299. The molecule has 0 radical (unpaired) electrons. The molecule has 0 atom stereocenters. The summed E-state index contributed by atoms with van der Waals surface area (Å²) in [5.41, 5.74) is 1.34. The summed E-state index contributed by atoms with van der Waals surface area (Å²) in [5.74, 6) is -0.515. The van der Waals surface area contributed by atoms with E-state index in [1.807, 2.05) is 0 Å². The molecule has 1 aliphatic rings. The topological polar surface area (TPSA) is 101 Å². The maximum absolute atomic E-state index is 12.5. The maximum Gasteiger partial charge on any atom is 0.259 e. The highest BCUT2D eigenvalue weighted by Crippen LogP contribution is 2.31. The van der Waals surface area contributed by atoms with Crippen LogP contribution in [0.5, 0.6) is 0 Å². The summed E-state index contributed by atoms with van der Waals surface area (Å²) in [6.45, 7) is 3.54. The summed E-state index contributed by atoms with van der Waals surface area (Å²) in [7, 11) is -3.84. The number of nitrogens with one attached hydrogen (secondary N) is 2. The molecular formula is C16H16Cl2N4O3S. The lowest BCUT2D eigenvalue weighted by atomic mass is 10.2. The highest BCUT2D eigenvalue weighted by molar-refractivity contribution is 7.89. The van der Waals surface area contributed by atoms with E-state index in [4.69, 9.17) is 23.2 Å². The van der Waals surface area contributed by atoms with Gasteiger partial charge in [-0.3, -0.25) is 10.1 Å². The summed E-state index contributed by atoms with van der Waals surface area (Å²) in [5, 5.41) is 2.50. The van der Waals surface area contributed by atoms with Crippen molar-refractivity contribution in [1.29, 1.82) is 0 Å². The van der Waals surface area contributed by atoms with Gasteiger partial charge in [-0.05, 0) is 44.9 Å². The first-order chi connectivity index (χ1) is 12.2. The number of halogens is 2. The fourth-order valence-electron chi connectivity index (χ4n) is 2.34. The molecule has 1 aliphatic carbocycles. The lowest BCUT2D eigenvalue weighted by molar-refractivity contribution is 0.102. The summed E-state index contributed by atoms with van der Waals surface area (Å²) >= 11 is 12.1. The van der Waals surface area contributed by atoms with Crippen molar-refractivity contribution in [3.63, 3.8) is 0 Å². The Labute approximate surface area is 161 Å². The minimum Gasteiger partial charge on any atom is -0.290 e. The lowest BCUT2D eigenvalue weighted by Crippen LogP contribution is -2.26. The average molecular weight is 415 g/mol. The van der Waals surface area contributed by atoms with Crippen LogP contribution in [0.1, 0.15) is 34.6 Å². The van der Waals surface area contributed by atoms with Crippen molar-refractivity contribution < 1.29 is 13.2 Å². The Morgan fingerprint density at radius 2 is 1.69 bits per heavy atom. The third kappa shape index (κ3) is 4.32. The van der Waals surface area contributed by atoms with Crippen molar-refractivity contribution in [1.82, 2.24) is 14.7 Å². The number of benzene rings is 1. The molecular weight excluding hydrogens is 399 g/mol. The van der Waals surface area contributed by atoms with E-state index < -0.39 is 15.9 Å². The second-order valence-electron chi connectivity index (χ2n) is 6.09. The molecule has 1 aromatic heterocycles. The summed E-state index contributed by atoms with van der Waals surface area (Å²) in [4.78, 5) is 20.6. The molecule has 2 N–H and O–H groups in total. The van der Waals surface area contributed by atoms with Crippen LogP contribution in [-0.2, 0) is 10.0 Å². The standard InChI is InChI=1S/C16H16Cl2N4O3S/c1-8-5-9(2)20-16(19-8)21-15(23)11-6-14(13(18)7-12(11)17)26(24,25)22-10-3-4-10/h5-7,10,22H,3-4H2,1-2H3,(H,19,20,21,23). The van der Waals surface area contributed by atoms with Crippen molar-refractivity contribution >= 4 is 45.1 Å². The SMILES string of the molecule is Cc1cc(C)nc(NC(=O)c2cc(S(=O)(=O)NC3CC3)c(Cl)cc2Cl)n1. The Morgan fingerprint density at radius 3 is 2.27 bits per heavy atom. The van der Waals surface area contributed by atoms with Crippen LogP contribution in [0.4, 0.5) is 5.95 Å². The molecule has 26 heavy (non-hydrogen) atoms. The van der Waals surface area contributed by atoms with Crippen molar-refractivity contribution in [3.05, 3.63) is 45.2 Å². The van der Waals surface area contributed by atoms with Crippen LogP contribution in [0.2, 0.25) is 10.0 Å². The monoisotopic (exact) mass is 414 g/mol. The molecule has 0 spiro atoms. The molecule has 0 saturated heterocycles. The van der Waals surface area contributed by atoms with Gasteiger partial charge in [-0.1, -0.05) is 23.2 Å². The maximum atomic E-state index is 12.5. The molecule has 3 rings (SSSR count). The van der Waals surface area contributed by atoms with Gasteiger partial charge in [0, 0.05) is 17.4 Å². The zero-order chi connectivity index (χ0) is 19.1. The molecule has 0 unspecified atom stereocenters. The van der Waals surface area contributed by atoms with Crippen molar-refractivity contribution in [2.45, 2.75) is 37.6 Å². The van der Waals surface area contributed by atoms with Gasteiger partial charge in [-0.15, -0.1) is 0 Å². The predicted octanol–water partition coefficient (Wildman–Crippen LogP) is 3.09. The van der Waals surface area contributed by atoms with E-state index in [-0.39, 0.29) is 32.5 Å². The van der Waals surface area contributed by atoms with Crippen molar-refractivity contribution in [2.24, 2.45) is 0 Å². The Bertz CT molecular complexity index is 971. The Morgan fingerprint density at radius 1 is 1.08 bits per heavy atom. The molecule has 138 valence electrons. The number of carbonyl (C=O) groups is 1. The van der Waals surface area contributed by atoms with E-state index in [1.54, 1.807) is 19.9 Å². The van der Waals surface area contributed by atoms with Gasteiger partial charge in [0.2, 0.25) is 16.0 Å². The van der Waals surface area contributed by atoms with E-state index >= 15 is 0 Å². The molecule has 10 heteroatoms. The molecule has 1 saturated carbocycles. The number of aryl methyl sites for hydroxylation is 2. The number of anilines is 1. The van der Waals surface area contributed by atoms with Crippen LogP contribution >= 0.6 is 23.2 Å². The summed E-state index contributed by atoms with van der Waals surface area (Å²) in [6.07, 6.45) is 1.56. The number of hydrogen-bond donors (Lipinski definition) is 2. The van der Waals surface area contributed by atoms with E-state index in [0.717, 1.165) is 18.9 Å². The molecule has 0 bridgehead atoms. The molecule has 1 heterocycles. The Hall–Kier alpha value is -1.74. The second kappa shape index (κ2) is 7.11. The summed E-state index contributed by atoms with van der Waals surface area (Å²) in [6, 6.07) is 4.07. The van der Waals surface area contributed by atoms with Crippen LogP contribution in [0.25, 0.3) is 0 Å². The minimum atomic E-state index is -3.84. The predicted molar refractivity (Wildman–Crippen MR) is 99.3 cm³/mol. The fourth-order valence-corrected chi connectivity index (χ4v) is 4.51. The van der Waals surface area contributed by atoms with Gasteiger partial charge in [0.1, 0.15) is 4.90 Å². The highest BCUT2D eigenvalue weighted by atomic mass is 35.5. The number of hydrogen-bond acceptors (Lipinski definition) is 5. The largest absolute Gasteiger partial charge is 0.290 e. The Kier molecular flexibility index (Phi) is 5.21. The second-order valence-corrected chi connectivity index (χ2v) is 8.58. The van der Waals surface area contributed by atoms with Gasteiger partial charge in [-0.25, -0.2) is 23.1 Å². The van der Waals surface area contributed by atoms with Crippen LogP contribution in [0.15, 0.2) is 23.1 Å². The number of nitrogens with zero attached hydrogens (tertiary/aromatic N) is 2. The average Bonchev–Trinajstić information content (AvgIpc) is 3.28. The van der Waals surface area contributed by atoms with E-state index in [9.17, 15) is 13.2 Å². The fraction of sp³-hybridized carbons (Fsp3) is 0.312. The Balaban J connectivity index is 1.93. The van der Waals surface area contributed by atoms with Crippen LogP contribution in [0.3, 0.4) is 0 Å². The highest BCUT2D eigenvalue weighted by Gasteiger charge is 2.30. The number of aromatic nitrogens is 2. The molecule has 1 amide bonds. The molecule has 1 fully saturated rings. The van der Waals surface area contributed by atoms with Gasteiger partial charge in [-0.2, -0.15) is 0 Å². The van der Waals surface area contributed by atoms with E-state index in [2.05, 4.69) is 20.0 Å². The van der Waals surface area contributed by atoms with Gasteiger partial charge >= 0.3 is 0 Å². The zero-order valence-electron chi connectivity index (χ0n) is 14.0. The first-order valence-corrected chi connectivity index (χ1v) is 10.0. The van der Waals surface area contributed by atoms with Gasteiger partial charge < -0.3 is 0 Å². The lowest BCUT2D eigenvalue weighted by Gasteiger charge is -2.11. The van der Waals surface area contributed by atoms with Crippen LogP contribution in [-0.4, -0.2) is 30.3 Å². The number of sulfonamides is 1. The van der Waals surface area contributed by atoms with E-state index in [1.165, 1.54) is 6.07 Å². The first kappa shape index (κ1) is 19.0. The quantitative estimate of drug-likeness (QED) is 0.782. The zero-order valence-corrected chi connectivity index (χ0v) is 16.3. The van der Waals surface area contributed by atoms with Gasteiger partial charge in [0.15, 0.2) is 0 Å². The number of carbonyl (C=O) groups excluding carboxylic acids is 1.